The molecule has 1 heterocycles. The molecule has 6 heteroatoms. The number of amides is 1. The van der Waals surface area contributed by atoms with Gasteiger partial charge in [-0.15, -0.1) is 0 Å². The largest absolute Gasteiger partial charge is 0.480 e. The van der Waals surface area contributed by atoms with Crippen molar-refractivity contribution in [1.82, 2.24) is 10.3 Å². The van der Waals surface area contributed by atoms with Gasteiger partial charge in [-0.25, -0.2) is 4.79 Å². The van der Waals surface area contributed by atoms with Gasteiger partial charge in [-0.05, 0) is 36.1 Å². The lowest BCUT2D eigenvalue weighted by Gasteiger charge is -2.13. The van der Waals surface area contributed by atoms with E-state index >= 15 is 0 Å². The van der Waals surface area contributed by atoms with Crippen molar-refractivity contribution in [3.05, 3.63) is 30.1 Å². The Labute approximate surface area is 110 Å². The maximum Gasteiger partial charge on any atom is 0.326 e. The number of aliphatic carboxylic acids is 1. The first-order valence-corrected chi connectivity index (χ1v) is 6.93. The molecule has 1 amide bonds. The SMILES string of the molecule is CSCCC(NC(=O)Cc1ccncc1)C(=O)O. The van der Waals surface area contributed by atoms with Crippen LogP contribution in [0.25, 0.3) is 0 Å². The zero-order chi connectivity index (χ0) is 13.4. The van der Waals surface area contributed by atoms with E-state index in [0.717, 1.165) is 5.56 Å². The Morgan fingerprint density at radius 1 is 1.44 bits per heavy atom. The smallest absolute Gasteiger partial charge is 0.326 e. The summed E-state index contributed by atoms with van der Waals surface area (Å²) in [6.07, 6.45) is 5.71. The van der Waals surface area contributed by atoms with Gasteiger partial charge in [-0.3, -0.25) is 9.78 Å². The second kappa shape index (κ2) is 7.71. The van der Waals surface area contributed by atoms with E-state index in [0.29, 0.717) is 12.2 Å². The van der Waals surface area contributed by atoms with E-state index in [9.17, 15) is 9.59 Å². The van der Waals surface area contributed by atoms with Crippen molar-refractivity contribution in [2.45, 2.75) is 18.9 Å². The van der Waals surface area contributed by atoms with Crippen molar-refractivity contribution in [3.63, 3.8) is 0 Å². The molecule has 1 unspecified atom stereocenters. The number of carbonyl (C=O) groups is 2. The standard InChI is InChI=1S/C12H16N2O3S/c1-18-7-4-10(12(16)17)14-11(15)8-9-2-5-13-6-3-9/h2-3,5-6,10H,4,7-8H2,1H3,(H,14,15)(H,16,17). The van der Waals surface area contributed by atoms with Crippen LogP contribution in [-0.2, 0) is 16.0 Å². The molecule has 0 aliphatic rings. The second-order valence-corrected chi connectivity index (χ2v) is 4.76. The van der Waals surface area contributed by atoms with Gasteiger partial charge in [0.1, 0.15) is 6.04 Å². The topological polar surface area (TPSA) is 79.3 Å². The summed E-state index contributed by atoms with van der Waals surface area (Å²) in [7, 11) is 0. The number of aromatic nitrogens is 1. The highest BCUT2D eigenvalue weighted by atomic mass is 32.2. The van der Waals surface area contributed by atoms with Gasteiger partial charge >= 0.3 is 5.97 Å². The number of nitrogens with one attached hydrogen (secondary N) is 1. The molecule has 0 radical (unpaired) electrons. The first kappa shape index (κ1) is 14.5. The quantitative estimate of drug-likeness (QED) is 0.769. The van der Waals surface area contributed by atoms with Crippen LogP contribution in [0.1, 0.15) is 12.0 Å². The molecule has 1 rings (SSSR count). The molecule has 5 nitrogen and oxygen atoms in total. The molecule has 0 bridgehead atoms. The maximum atomic E-state index is 11.7. The van der Waals surface area contributed by atoms with Crippen molar-refractivity contribution in [2.75, 3.05) is 12.0 Å². The van der Waals surface area contributed by atoms with Gasteiger partial charge in [-0.1, -0.05) is 0 Å². The van der Waals surface area contributed by atoms with Crippen LogP contribution in [0.5, 0.6) is 0 Å². The van der Waals surface area contributed by atoms with E-state index in [1.165, 1.54) is 0 Å². The number of hydrogen-bond donors (Lipinski definition) is 2. The van der Waals surface area contributed by atoms with Gasteiger partial charge in [-0.2, -0.15) is 11.8 Å². The summed E-state index contributed by atoms with van der Waals surface area (Å²) in [6, 6.07) is 2.65. The van der Waals surface area contributed by atoms with Crippen LogP contribution >= 0.6 is 11.8 Å². The molecule has 0 saturated carbocycles. The van der Waals surface area contributed by atoms with E-state index in [1.54, 1.807) is 36.3 Å². The van der Waals surface area contributed by atoms with Crippen molar-refractivity contribution in [3.8, 4) is 0 Å². The minimum Gasteiger partial charge on any atom is -0.480 e. The third-order valence-corrected chi connectivity index (χ3v) is 3.00. The molecule has 1 atom stereocenters. The van der Waals surface area contributed by atoms with Gasteiger partial charge in [0.25, 0.3) is 0 Å². The van der Waals surface area contributed by atoms with E-state index in [2.05, 4.69) is 10.3 Å². The van der Waals surface area contributed by atoms with E-state index in [1.807, 2.05) is 6.26 Å². The summed E-state index contributed by atoms with van der Waals surface area (Å²) in [6.45, 7) is 0. The summed E-state index contributed by atoms with van der Waals surface area (Å²) in [5.41, 5.74) is 0.816. The highest BCUT2D eigenvalue weighted by Crippen LogP contribution is 2.03. The van der Waals surface area contributed by atoms with Crippen LogP contribution in [0.4, 0.5) is 0 Å². The number of hydrogen-bond acceptors (Lipinski definition) is 4. The Balaban J connectivity index is 2.48. The predicted molar refractivity (Wildman–Crippen MR) is 70.5 cm³/mol. The molecule has 1 aromatic rings. The van der Waals surface area contributed by atoms with Crippen molar-refractivity contribution in [1.29, 1.82) is 0 Å². The van der Waals surface area contributed by atoms with Gasteiger partial charge in [0.2, 0.25) is 5.91 Å². The number of rotatable bonds is 7. The molecular formula is C12H16N2O3S. The lowest BCUT2D eigenvalue weighted by molar-refractivity contribution is -0.141. The van der Waals surface area contributed by atoms with E-state index in [-0.39, 0.29) is 12.3 Å². The zero-order valence-electron chi connectivity index (χ0n) is 10.1. The normalized spacial score (nSPS) is 11.8. The summed E-state index contributed by atoms with van der Waals surface area (Å²) in [5, 5.41) is 11.5. The molecule has 0 aliphatic carbocycles. The van der Waals surface area contributed by atoms with Crippen LogP contribution in [0, 0.1) is 0 Å². The summed E-state index contributed by atoms with van der Waals surface area (Å²) < 4.78 is 0. The molecule has 0 aliphatic heterocycles. The number of nitrogens with zero attached hydrogens (tertiary/aromatic N) is 1. The van der Waals surface area contributed by atoms with Gasteiger partial charge in [0, 0.05) is 12.4 Å². The molecule has 18 heavy (non-hydrogen) atoms. The molecule has 0 saturated heterocycles. The van der Waals surface area contributed by atoms with E-state index in [4.69, 9.17) is 5.11 Å². The van der Waals surface area contributed by atoms with Crippen LogP contribution < -0.4 is 5.32 Å². The lowest BCUT2D eigenvalue weighted by Crippen LogP contribution is -2.41. The highest BCUT2D eigenvalue weighted by molar-refractivity contribution is 7.98. The van der Waals surface area contributed by atoms with Gasteiger partial charge in [0.05, 0.1) is 6.42 Å². The van der Waals surface area contributed by atoms with Crippen LogP contribution in [0.3, 0.4) is 0 Å². The molecule has 0 aromatic carbocycles. The van der Waals surface area contributed by atoms with Gasteiger partial charge < -0.3 is 10.4 Å². The molecule has 98 valence electrons. The molecule has 0 spiro atoms. The Kier molecular flexibility index (Phi) is 6.21. The Bertz CT molecular complexity index is 398. The average Bonchev–Trinajstić information content (AvgIpc) is 2.35. The maximum absolute atomic E-state index is 11.7. The third kappa shape index (κ3) is 5.18. The highest BCUT2D eigenvalue weighted by Gasteiger charge is 2.19. The fraction of sp³-hybridized carbons (Fsp3) is 0.417. The molecule has 0 fully saturated rings. The summed E-state index contributed by atoms with van der Waals surface area (Å²) in [5.74, 6) is -0.575. The minimum absolute atomic E-state index is 0.172. The monoisotopic (exact) mass is 268 g/mol. The van der Waals surface area contributed by atoms with Crippen LogP contribution in [-0.4, -0.2) is 40.0 Å². The fourth-order valence-electron chi connectivity index (χ4n) is 1.42. The van der Waals surface area contributed by atoms with Gasteiger partial charge in [0.15, 0.2) is 0 Å². The second-order valence-electron chi connectivity index (χ2n) is 3.77. The first-order valence-electron chi connectivity index (χ1n) is 5.53. The zero-order valence-corrected chi connectivity index (χ0v) is 10.9. The number of pyridine rings is 1. The molecular weight excluding hydrogens is 252 g/mol. The Morgan fingerprint density at radius 3 is 2.67 bits per heavy atom. The predicted octanol–water partition coefficient (Wildman–Crippen LogP) is 0.947. The number of carbonyl (C=O) groups excluding carboxylic acids is 1. The lowest BCUT2D eigenvalue weighted by atomic mass is 10.1. The molecule has 1 aromatic heterocycles. The minimum atomic E-state index is -0.993. The fourth-order valence-corrected chi connectivity index (χ4v) is 1.90. The van der Waals surface area contributed by atoms with Crippen LogP contribution in [0.15, 0.2) is 24.5 Å². The van der Waals surface area contributed by atoms with Crippen molar-refractivity contribution in [2.24, 2.45) is 0 Å². The number of thioether (sulfide) groups is 1. The number of carboxylic acids is 1. The first-order chi connectivity index (χ1) is 8.63. The number of carboxylic acid groups (broad SMARTS) is 1. The molecule has 2 N–H and O–H groups in total. The average molecular weight is 268 g/mol. The third-order valence-electron chi connectivity index (χ3n) is 2.36. The summed E-state index contributed by atoms with van der Waals surface area (Å²) in [4.78, 5) is 26.5. The Hall–Kier alpha value is -1.56. The van der Waals surface area contributed by atoms with Crippen molar-refractivity contribution < 1.29 is 14.7 Å². The summed E-state index contributed by atoms with van der Waals surface area (Å²) >= 11 is 1.56. The Morgan fingerprint density at radius 2 is 2.11 bits per heavy atom. The van der Waals surface area contributed by atoms with Crippen molar-refractivity contribution >= 4 is 23.6 Å². The van der Waals surface area contributed by atoms with Crippen LogP contribution in [0.2, 0.25) is 0 Å². The van der Waals surface area contributed by atoms with E-state index < -0.39 is 12.0 Å².